The van der Waals surface area contributed by atoms with Gasteiger partial charge in [0.1, 0.15) is 5.54 Å². The first kappa shape index (κ1) is 20.9. The molecule has 1 amide bonds. The average Bonchev–Trinajstić information content (AvgIpc) is 2.61. The van der Waals surface area contributed by atoms with E-state index in [0.29, 0.717) is 0 Å². The van der Waals surface area contributed by atoms with Crippen LogP contribution >= 0.6 is 0 Å². The first-order valence-electron chi connectivity index (χ1n) is 8.39. The van der Waals surface area contributed by atoms with Crippen LogP contribution in [0.4, 0.5) is 19.1 Å². The van der Waals surface area contributed by atoms with Crippen LogP contribution in [0.1, 0.15) is 18.4 Å². The molecule has 2 N–H and O–H groups in total. The number of carbonyl (C=O) groups excluding carboxylic acids is 1. The van der Waals surface area contributed by atoms with Crippen molar-refractivity contribution < 1.29 is 27.9 Å². The highest BCUT2D eigenvalue weighted by molar-refractivity contribution is 5.87. The minimum absolute atomic E-state index is 0.177. The number of carbonyl (C=O) groups is 2. The number of carboxylic acid groups (broad SMARTS) is 1. The number of aliphatic carboxylic acids is 1. The summed E-state index contributed by atoms with van der Waals surface area (Å²) in [5.41, 5.74) is 0.730. The highest BCUT2D eigenvalue weighted by Crippen LogP contribution is 2.31. The highest BCUT2D eigenvalue weighted by atomic mass is 19.4. The van der Waals surface area contributed by atoms with E-state index in [2.05, 4.69) is 32.1 Å². The number of piperidine rings is 1. The fourth-order valence-corrected chi connectivity index (χ4v) is 3.12. The van der Waals surface area contributed by atoms with E-state index in [1.807, 2.05) is 19.3 Å². The van der Waals surface area contributed by atoms with Gasteiger partial charge in [-0.05, 0) is 32.4 Å². The van der Waals surface area contributed by atoms with Gasteiger partial charge in [0.25, 0.3) is 0 Å². The number of alkyl halides is 3. The number of halogens is 3. The number of rotatable bonds is 1. The number of piperazine rings is 1. The summed E-state index contributed by atoms with van der Waals surface area (Å²) in [6.45, 7) is 5.30. The lowest BCUT2D eigenvalue weighted by atomic mass is 9.83. The molecule has 0 aromatic carbocycles. The number of hydrogen-bond donors (Lipinski definition) is 2. The second-order valence-corrected chi connectivity index (χ2v) is 6.56. The van der Waals surface area contributed by atoms with E-state index in [-0.39, 0.29) is 11.4 Å². The Balaban J connectivity index is 0.000000321. The average molecular weight is 389 g/mol. The molecule has 2 aliphatic rings. The molecule has 1 spiro atoms. The molecular formula is C16H22F3N5O3. The first-order valence-corrected chi connectivity index (χ1v) is 8.39. The predicted octanol–water partition coefficient (Wildman–Crippen LogP) is 0.819. The molecule has 0 unspecified atom stereocenters. The number of nitrogens with zero attached hydrogens (tertiary/aromatic N) is 4. The molecule has 0 aliphatic carbocycles. The Labute approximate surface area is 154 Å². The van der Waals surface area contributed by atoms with Crippen LogP contribution in [0.5, 0.6) is 0 Å². The lowest BCUT2D eigenvalue weighted by molar-refractivity contribution is -0.192. The molecule has 2 fully saturated rings. The standard InChI is InChI=1S/C14H21N5O.C2HF3O2/c1-11-9-16-13(17-10-11)19-6-3-14(4-7-19)12(20)15-5-8-18(14)2;3-2(4,5)1(6)7/h9-10H,3-8H2,1-2H3,(H,15,20);(H,6,7). The summed E-state index contributed by atoms with van der Waals surface area (Å²) in [7, 11) is 2.05. The van der Waals surface area contributed by atoms with Crippen molar-refractivity contribution in [3.05, 3.63) is 18.0 Å². The molecule has 0 saturated carbocycles. The van der Waals surface area contributed by atoms with E-state index in [4.69, 9.17) is 9.90 Å². The summed E-state index contributed by atoms with van der Waals surface area (Å²) in [5, 5.41) is 10.1. The van der Waals surface area contributed by atoms with Gasteiger partial charge >= 0.3 is 12.1 Å². The molecule has 8 nitrogen and oxygen atoms in total. The van der Waals surface area contributed by atoms with E-state index < -0.39 is 12.1 Å². The minimum Gasteiger partial charge on any atom is -0.475 e. The van der Waals surface area contributed by atoms with Crippen molar-refractivity contribution in [1.29, 1.82) is 0 Å². The van der Waals surface area contributed by atoms with E-state index in [9.17, 15) is 18.0 Å². The Hall–Kier alpha value is -2.43. The van der Waals surface area contributed by atoms with Crippen molar-refractivity contribution in [1.82, 2.24) is 20.2 Å². The van der Waals surface area contributed by atoms with E-state index in [0.717, 1.165) is 50.5 Å². The van der Waals surface area contributed by atoms with Gasteiger partial charge < -0.3 is 15.3 Å². The fraction of sp³-hybridized carbons (Fsp3) is 0.625. The quantitative estimate of drug-likeness (QED) is 0.734. The number of carboxylic acids is 1. The summed E-state index contributed by atoms with van der Waals surface area (Å²) in [6.07, 6.45) is 0.247. The molecule has 0 atom stereocenters. The van der Waals surface area contributed by atoms with E-state index >= 15 is 0 Å². The summed E-state index contributed by atoms with van der Waals surface area (Å²) in [6, 6.07) is 0. The topological polar surface area (TPSA) is 98.7 Å². The van der Waals surface area contributed by atoms with Crippen LogP contribution in [0.2, 0.25) is 0 Å². The number of aromatic nitrogens is 2. The Morgan fingerprint density at radius 1 is 1.22 bits per heavy atom. The lowest BCUT2D eigenvalue weighted by Crippen LogP contribution is -2.67. The molecule has 0 bridgehead atoms. The van der Waals surface area contributed by atoms with Crippen LogP contribution in [0.3, 0.4) is 0 Å². The maximum Gasteiger partial charge on any atom is 0.490 e. The summed E-state index contributed by atoms with van der Waals surface area (Å²) < 4.78 is 31.7. The Morgan fingerprint density at radius 3 is 2.19 bits per heavy atom. The third kappa shape index (κ3) is 4.85. The predicted molar refractivity (Wildman–Crippen MR) is 90.3 cm³/mol. The van der Waals surface area contributed by atoms with Crippen LogP contribution in [-0.4, -0.2) is 76.8 Å². The Bertz CT molecular complexity index is 673. The number of hydrogen-bond acceptors (Lipinski definition) is 6. The lowest BCUT2D eigenvalue weighted by Gasteiger charge is -2.48. The van der Waals surface area contributed by atoms with Gasteiger partial charge in [0.15, 0.2) is 0 Å². The molecule has 150 valence electrons. The molecule has 3 rings (SSSR count). The molecule has 2 aliphatic heterocycles. The molecule has 0 radical (unpaired) electrons. The van der Waals surface area contributed by atoms with Crippen LogP contribution in [0.25, 0.3) is 0 Å². The van der Waals surface area contributed by atoms with E-state index in [1.165, 1.54) is 0 Å². The van der Waals surface area contributed by atoms with Crippen molar-refractivity contribution in [3.63, 3.8) is 0 Å². The van der Waals surface area contributed by atoms with Crippen LogP contribution < -0.4 is 10.2 Å². The number of amides is 1. The van der Waals surface area contributed by atoms with Crippen LogP contribution in [0.15, 0.2) is 12.4 Å². The van der Waals surface area contributed by atoms with Crippen LogP contribution in [0, 0.1) is 6.92 Å². The van der Waals surface area contributed by atoms with Gasteiger partial charge in [0.2, 0.25) is 11.9 Å². The smallest absolute Gasteiger partial charge is 0.475 e. The molecule has 11 heteroatoms. The molecule has 1 aromatic heterocycles. The second-order valence-electron chi connectivity index (χ2n) is 6.56. The zero-order valence-corrected chi connectivity index (χ0v) is 15.1. The largest absolute Gasteiger partial charge is 0.490 e. The van der Waals surface area contributed by atoms with Crippen LogP contribution in [-0.2, 0) is 9.59 Å². The molecular weight excluding hydrogens is 367 g/mol. The first-order chi connectivity index (χ1) is 12.6. The zero-order chi connectivity index (χ0) is 20.2. The summed E-state index contributed by atoms with van der Waals surface area (Å²) in [4.78, 5) is 34.3. The third-order valence-electron chi connectivity index (χ3n) is 4.77. The van der Waals surface area contributed by atoms with Gasteiger partial charge in [-0.2, -0.15) is 13.2 Å². The third-order valence-corrected chi connectivity index (χ3v) is 4.77. The fourth-order valence-electron chi connectivity index (χ4n) is 3.12. The van der Waals surface area contributed by atoms with E-state index in [1.54, 1.807) is 0 Å². The van der Waals surface area contributed by atoms with Gasteiger partial charge in [0, 0.05) is 38.6 Å². The number of likely N-dealkylation sites (N-methyl/N-ethyl adjacent to an activating group) is 1. The normalized spacial score (nSPS) is 19.9. The van der Waals surface area contributed by atoms with Gasteiger partial charge in [-0.1, -0.05) is 0 Å². The SMILES string of the molecule is Cc1cnc(N2CCC3(CC2)C(=O)NCCN3C)nc1.O=C(O)C(F)(F)F. The maximum absolute atomic E-state index is 12.3. The zero-order valence-electron chi connectivity index (χ0n) is 15.1. The molecule has 1 aromatic rings. The van der Waals surface area contributed by atoms with Crippen molar-refractivity contribution in [2.75, 3.05) is 38.1 Å². The van der Waals surface area contributed by atoms with Crippen molar-refractivity contribution in [2.24, 2.45) is 0 Å². The molecule has 27 heavy (non-hydrogen) atoms. The van der Waals surface area contributed by atoms with Crippen molar-refractivity contribution >= 4 is 17.8 Å². The maximum atomic E-state index is 12.3. The molecule has 3 heterocycles. The van der Waals surface area contributed by atoms with Gasteiger partial charge in [-0.15, -0.1) is 0 Å². The Morgan fingerprint density at radius 2 is 1.74 bits per heavy atom. The highest BCUT2D eigenvalue weighted by Gasteiger charge is 2.46. The number of anilines is 1. The minimum atomic E-state index is -5.08. The summed E-state index contributed by atoms with van der Waals surface area (Å²) >= 11 is 0. The number of nitrogens with one attached hydrogen (secondary N) is 1. The van der Waals surface area contributed by atoms with Crippen molar-refractivity contribution in [2.45, 2.75) is 31.5 Å². The molecule has 2 saturated heterocycles. The van der Waals surface area contributed by atoms with Gasteiger partial charge in [0.05, 0.1) is 0 Å². The number of aryl methyl sites for hydroxylation is 1. The monoisotopic (exact) mass is 389 g/mol. The second kappa shape index (κ2) is 8.07. The Kier molecular flexibility index (Phi) is 6.24. The van der Waals surface area contributed by atoms with Gasteiger partial charge in [-0.3, -0.25) is 9.69 Å². The summed E-state index contributed by atoms with van der Waals surface area (Å²) in [5.74, 6) is -1.81. The van der Waals surface area contributed by atoms with Gasteiger partial charge in [-0.25, -0.2) is 14.8 Å². The van der Waals surface area contributed by atoms with Crippen molar-refractivity contribution in [3.8, 4) is 0 Å².